The van der Waals surface area contributed by atoms with Gasteiger partial charge >= 0.3 is 5.97 Å². The summed E-state index contributed by atoms with van der Waals surface area (Å²) < 4.78 is 9.88. The van der Waals surface area contributed by atoms with E-state index in [-0.39, 0.29) is 5.97 Å². The molecule has 0 N–H and O–H groups in total. The molecule has 1 fully saturated rings. The van der Waals surface area contributed by atoms with Gasteiger partial charge in [-0.2, -0.15) is 0 Å². The molecule has 70 valence electrons. The highest BCUT2D eigenvalue weighted by Gasteiger charge is 2.36. The Kier molecular flexibility index (Phi) is 2.08. The average Bonchev–Trinajstić information content (AvgIpc) is 3.00. The lowest BCUT2D eigenvalue weighted by Gasteiger charge is -2.19. The van der Waals surface area contributed by atoms with Gasteiger partial charge in [-0.25, -0.2) is 4.79 Å². The van der Waals surface area contributed by atoms with Crippen LogP contribution in [-0.4, -0.2) is 19.2 Å². The summed E-state index contributed by atoms with van der Waals surface area (Å²) in [4.78, 5) is 11.3. The largest absolute Gasteiger partial charge is 0.482 e. The number of methoxy groups -OCH3 is 1. The second-order valence-corrected chi connectivity index (χ2v) is 3.31. The molecule has 1 saturated carbocycles. The van der Waals surface area contributed by atoms with Crippen molar-refractivity contribution in [1.29, 1.82) is 0 Å². The first-order chi connectivity index (χ1) is 6.33. The molecule has 0 aromatic carbocycles. The summed E-state index contributed by atoms with van der Waals surface area (Å²) >= 11 is 0. The Morgan fingerprint density at radius 3 is 3.00 bits per heavy atom. The van der Waals surface area contributed by atoms with Gasteiger partial charge in [0.25, 0.3) is 0 Å². The third kappa shape index (κ3) is 1.59. The van der Waals surface area contributed by atoms with E-state index in [2.05, 4.69) is 4.74 Å². The minimum Gasteiger partial charge on any atom is -0.482 e. The Morgan fingerprint density at radius 2 is 2.38 bits per heavy atom. The number of carbonyl (C=O) groups is 1. The van der Waals surface area contributed by atoms with Crippen LogP contribution in [0.1, 0.15) is 12.8 Å². The summed E-state index contributed by atoms with van der Waals surface area (Å²) in [5.41, 5.74) is 1.06. The van der Waals surface area contributed by atoms with E-state index < -0.39 is 6.10 Å². The van der Waals surface area contributed by atoms with E-state index in [0.717, 1.165) is 18.4 Å². The Morgan fingerprint density at radius 1 is 1.62 bits per heavy atom. The number of hydrogen-bond donors (Lipinski definition) is 0. The molecule has 2 aliphatic rings. The summed E-state index contributed by atoms with van der Waals surface area (Å²) in [7, 11) is 1.38. The van der Waals surface area contributed by atoms with Gasteiger partial charge in [0.05, 0.1) is 13.4 Å². The molecular weight excluding hydrogens is 168 g/mol. The summed E-state index contributed by atoms with van der Waals surface area (Å²) in [5, 5.41) is 0. The Hall–Kier alpha value is -1.25. The smallest absolute Gasteiger partial charge is 0.351 e. The minimum atomic E-state index is -0.498. The number of hydrogen-bond acceptors (Lipinski definition) is 3. The van der Waals surface area contributed by atoms with Crippen LogP contribution < -0.4 is 0 Å². The number of ether oxygens (including phenoxy) is 2. The third-order valence-electron chi connectivity index (χ3n) is 2.35. The van der Waals surface area contributed by atoms with Crippen LogP contribution >= 0.6 is 0 Å². The van der Waals surface area contributed by atoms with Crippen molar-refractivity contribution in [3.8, 4) is 0 Å². The lowest BCUT2D eigenvalue weighted by atomic mass is 10.0. The molecule has 1 unspecified atom stereocenters. The fourth-order valence-corrected chi connectivity index (χ4v) is 1.51. The summed E-state index contributed by atoms with van der Waals surface area (Å²) in [6.45, 7) is 0. The summed E-state index contributed by atoms with van der Waals surface area (Å²) in [6.07, 6.45) is 7.15. The molecule has 1 aliphatic heterocycles. The van der Waals surface area contributed by atoms with E-state index in [4.69, 9.17) is 4.74 Å². The number of allylic oxidation sites excluding steroid dienone is 2. The predicted molar refractivity (Wildman–Crippen MR) is 46.8 cm³/mol. The normalized spacial score (nSPS) is 26.2. The van der Waals surface area contributed by atoms with Gasteiger partial charge in [-0.05, 0) is 30.4 Å². The van der Waals surface area contributed by atoms with E-state index in [9.17, 15) is 4.79 Å². The van der Waals surface area contributed by atoms with Gasteiger partial charge in [0, 0.05) is 0 Å². The molecule has 1 heterocycles. The van der Waals surface area contributed by atoms with Crippen LogP contribution in [0.15, 0.2) is 24.0 Å². The zero-order valence-corrected chi connectivity index (χ0v) is 7.53. The molecule has 0 saturated heterocycles. The molecule has 13 heavy (non-hydrogen) atoms. The third-order valence-corrected chi connectivity index (χ3v) is 2.35. The molecule has 0 aromatic heterocycles. The Bertz CT molecular complexity index is 274. The van der Waals surface area contributed by atoms with Crippen molar-refractivity contribution in [2.75, 3.05) is 7.11 Å². The Labute approximate surface area is 77.0 Å². The van der Waals surface area contributed by atoms with Crippen molar-refractivity contribution in [2.45, 2.75) is 18.9 Å². The highest BCUT2D eigenvalue weighted by molar-refractivity contribution is 5.79. The van der Waals surface area contributed by atoms with Crippen molar-refractivity contribution < 1.29 is 14.3 Å². The van der Waals surface area contributed by atoms with Crippen LogP contribution in [0.3, 0.4) is 0 Å². The van der Waals surface area contributed by atoms with Crippen molar-refractivity contribution in [1.82, 2.24) is 0 Å². The first kappa shape index (κ1) is 8.35. The highest BCUT2D eigenvalue weighted by Crippen LogP contribution is 2.40. The maximum Gasteiger partial charge on any atom is 0.351 e. The molecule has 1 atom stereocenters. The van der Waals surface area contributed by atoms with Gasteiger partial charge < -0.3 is 9.47 Å². The first-order valence-corrected chi connectivity index (χ1v) is 4.43. The maximum atomic E-state index is 11.3. The predicted octanol–water partition coefficient (Wildman–Crippen LogP) is 1.41. The topological polar surface area (TPSA) is 35.5 Å². The average molecular weight is 180 g/mol. The fraction of sp³-hybridized carbons (Fsp3) is 0.500. The molecule has 0 aromatic rings. The van der Waals surface area contributed by atoms with Crippen molar-refractivity contribution >= 4 is 5.97 Å². The SMILES string of the molecule is COC(=O)C1OC=CC=C1C1CC1. The van der Waals surface area contributed by atoms with E-state index in [1.807, 2.05) is 12.2 Å². The quantitative estimate of drug-likeness (QED) is 0.603. The molecular formula is C10H12O3. The van der Waals surface area contributed by atoms with Crippen LogP contribution in [-0.2, 0) is 14.3 Å². The molecule has 1 aliphatic carbocycles. The van der Waals surface area contributed by atoms with Crippen LogP contribution in [0, 0.1) is 5.92 Å². The first-order valence-electron chi connectivity index (χ1n) is 4.43. The molecule has 0 radical (unpaired) electrons. The monoisotopic (exact) mass is 180 g/mol. The molecule has 2 rings (SSSR count). The zero-order valence-electron chi connectivity index (χ0n) is 7.53. The summed E-state index contributed by atoms with van der Waals surface area (Å²) in [6, 6.07) is 0. The van der Waals surface area contributed by atoms with Gasteiger partial charge in [-0.1, -0.05) is 6.08 Å². The Balaban J connectivity index is 2.13. The lowest BCUT2D eigenvalue weighted by Crippen LogP contribution is -2.28. The van der Waals surface area contributed by atoms with Gasteiger partial charge in [-0.15, -0.1) is 0 Å². The molecule has 0 bridgehead atoms. The van der Waals surface area contributed by atoms with Crippen LogP contribution in [0.5, 0.6) is 0 Å². The maximum absolute atomic E-state index is 11.3. The van der Waals surface area contributed by atoms with Gasteiger partial charge in [0.15, 0.2) is 0 Å². The van der Waals surface area contributed by atoms with Crippen LogP contribution in [0.25, 0.3) is 0 Å². The lowest BCUT2D eigenvalue weighted by molar-refractivity contribution is -0.148. The van der Waals surface area contributed by atoms with Gasteiger partial charge in [0.1, 0.15) is 0 Å². The highest BCUT2D eigenvalue weighted by atomic mass is 16.6. The standard InChI is InChI=1S/C10H12O3/c1-12-10(11)9-8(7-4-5-7)3-2-6-13-9/h2-3,6-7,9H,4-5H2,1H3. The number of esters is 1. The van der Waals surface area contributed by atoms with Crippen LogP contribution in [0.4, 0.5) is 0 Å². The van der Waals surface area contributed by atoms with Crippen molar-refractivity contribution in [3.63, 3.8) is 0 Å². The minimum absolute atomic E-state index is 0.303. The van der Waals surface area contributed by atoms with Crippen LogP contribution in [0.2, 0.25) is 0 Å². The number of rotatable bonds is 2. The molecule has 0 spiro atoms. The molecule has 3 heteroatoms. The van der Waals surface area contributed by atoms with E-state index >= 15 is 0 Å². The fourth-order valence-electron chi connectivity index (χ4n) is 1.51. The number of carbonyl (C=O) groups excluding carboxylic acids is 1. The van der Waals surface area contributed by atoms with Crippen molar-refractivity contribution in [3.05, 3.63) is 24.0 Å². The molecule has 0 amide bonds. The molecule has 3 nitrogen and oxygen atoms in total. The van der Waals surface area contributed by atoms with Gasteiger partial charge in [-0.3, -0.25) is 0 Å². The zero-order chi connectivity index (χ0) is 9.26. The summed E-state index contributed by atoms with van der Waals surface area (Å²) in [5.74, 6) is 0.233. The second-order valence-electron chi connectivity index (χ2n) is 3.31. The second kappa shape index (κ2) is 3.24. The van der Waals surface area contributed by atoms with E-state index in [1.54, 1.807) is 0 Å². The van der Waals surface area contributed by atoms with E-state index in [0.29, 0.717) is 5.92 Å². The van der Waals surface area contributed by atoms with Gasteiger partial charge in [0.2, 0.25) is 6.10 Å². The van der Waals surface area contributed by atoms with E-state index in [1.165, 1.54) is 13.4 Å². The van der Waals surface area contributed by atoms with Crippen molar-refractivity contribution in [2.24, 2.45) is 5.92 Å².